The predicted molar refractivity (Wildman–Crippen MR) is 39.1 cm³/mol. The summed E-state index contributed by atoms with van der Waals surface area (Å²) < 4.78 is 24.4. The van der Waals surface area contributed by atoms with Gasteiger partial charge in [0.15, 0.2) is 0 Å². The van der Waals surface area contributed by atoms with E-state index in [-0.39, 0.29) is 5.60 Å². The van der Waals surface area contributed by atoms with Crippen LogP contribution in [0.15, 0.2) is 0 Å². The summed E-state index contributed by atoms with van der Waals surface area (Å²) in [6.07, 6.45) is 5.43. The zero-order chi connectivity index (χ0) is 7.90. The van der Waals surface area contributed by atoms with Gasteiger partial charge in [0.1, 0.15) is 0 Å². The minimum atomic E-state index is -3.09. The topological polar surface area (TPSA) is 46.5 Å². The van der Waals surface area contributed by atoms with Crippen molar-refractivity contribution in [1.29, 1.82) is 0 Å². The maximum atomic E-state index is 10.5. The van der Waals surface area contributed by atoms with E-state index in [4.69, 9.17) is 7.82 Å². The van der Waals surface area contributed by atoms with Crippen LogP contribution in [0.2, 0.25) is 0 Å². The molecule has 0 aromatic carbocycles. The average molecular weight is 219 g/mol. The molecule has 1 atom stereocenters. The fourth-order valence-electron chi connectivity index (χ4n) is 2.43. The molecule has 1 radical (unpaired) electrons. The normalized spacial score (nSPS) is 43.0. The molecule has 4 heteroatoms. The van der Waals surface area contributed by atoms with Crippen LogP contribution in [-0.4, -0.2) is 25.0 Å². The Morgan fingerprint density at radius 2 is 2.09 bits per heavy atom. The number of hydrogen-bond acceptors (Lipinski definition) is 2. The second kappa shape index (κ2) is 2.65. The van der Waals surface area contributed by atoms with Crippen molar-refractivity contribution in [3.8, 4) is 0 Å². The van der Waals surface area contributed by atoms with Gasteiger partial charge in [0.05, 0.1) is 0 Å². The van der Waals surface area contributed by atoms with E-state index in [0.717, 1.165) is 25.2 Å². The third-order valence-corrected chi connectivity index (χ3v) is 4.09. The first kappa shape index (κ1) is 7.90. The van der Waals surface area contributed by atoms with Crippen molar-refractivity contribution in [2.75, 3.05) is 0 Å². The Morgan fingerprint density at radius 3 is 2.45 bits per heavy atom. The van der Waals surface area contributed by atoms with Crippen LogP contribution >= 0.6 is 0 Å². The summed E-state index contributed by atoms with van der Waals surface area (Å²) in [6.45, 7) is 0. The maximum absolute atomic E-state index is 10.5. The Kier molecular flexibility index (Phi) is 1.90. The molecule has 63 valence electrons. The summed E-state index contributed by atoms with van der Waals surface area (Å²) in [4.78, 5) is 0. The van der Waals surface area contributed by atoms with Gasteiger partial charge in [0.2, 0.25) is 0 Å². The predicted octanol–water partition coefficient (Wildman–Crippen LogP) is 0.743. The summed E-state index contributed by atoms with van der Waals surface area (Å²) >= 11 is -3.09. The van der Waals surface area contributed by atoms with Crippen LogP contribution in [-0.2, 0) is 7.47 Å². The molecule has 2 aliphatic rings. The van der Waals surface area contributed by atoms with Crippen LogP contribution in [0.1, 0.15) is 32.1 Å². The van der Waals surface area contributed by atoms with Crippen molar-refractivity contribution in [3.63, 3.8) is 0 Å². The fraction of sp³-hybridized carbons (Fsp3) is 1.00. The van der Waals surface area contributed by atoms with Crippen molar-refractivity contribution in [3.05, 3.63) is 0 Å². The van der Waals surface area contributed by atoms with Crippen LogP contribution in [0.3, 0.4) is 0 Å². The Labute approximate surface area is 70.9 Å². The first-order chi connectivity index (χ1) is 5.20. The van der Waals surface area contributed by atoms with Crippen LogP contribution in [0.4, 0.5) is 0 Å². The first-order valence-electron chi connectivity index (χ1n) is 4.05. The molecule has 0 amide bonds. The molecule has 2 rings (SSSR count). The molecule has 2 aliphatic carbocycles. The van der Waals surface area contributed by atoms with E-state index < -0.39 is 15.3 Å². The monoisotopic (exact) mass is 219 g/mol. The number of hydrogen-bond donors (Lipinski definition) is 1. The SMILES string of the molecule is O=[As](O)OC12CCC(CC1)C2. The second-order valence-electron chi connectivity index (χ2n) is 3.66. The van der Waals surface area contributed by atoms with E-state index in [9.17, 15) is 3.74 Å². The van der Waals surface area contributed by atoms with Crippen LogP contribution in [0.25, 0.3) is 0 Å². The molecule has 3 nitrogen and oxygen atoms in total. The van der Waals surface area contributed by atoms with Gasteiger partial charge in [-0.05, 0) is 0 Å². The second-order valence-corrected chi connectivity index (χ2v) is 5.04. The first-order valence-corrected chi connectivity index (χ1v) is 6.43. The standard InChI is InChI=1S/C7H12AsO3/c9-8(10)11-7-3-1-6(5-7)2-4-7/h6H,1-5H2,(H,9,10). The van der Waals surface area contributed by atoms with E-state index in [2.05, 4.69) is 0 Å². The summed E-state index contributed by atoms with van der Waals surface area (Å²) in [5, 5.41) is 0. The van der Waals surface area contributed by atoms with E-state index in [0.29, 0.717) is 0 Å². The molecule has 2 bridgehead atoms. The molecule has 2 fully saturated rings. The zero-order valence-electron chi connectivity index (χ0n) is 6.32. The minimum absolute atomic E-state index is 0.166. The molecule has 0 aromatic heterocycles. The third kappa shape index (κ3) is 1.42. The van der Waals surface area contributed by atoms with Gasteiger partial charge in [-0.1, -0.05) is 0 Å². The van der Waals surface area contributed by atoms with Gasteiger partial charge in [-0.15, -0.1) is 0 Å². The van der Waals surface area contributed by atoms with Crippen molar-refractivity contribution in [2.24, 2.45) is 5.92 Å². The third-order valence-electron chi connectivity index (χ3n) is 2.95. The van der Waals surface area contributed by atoms with Crippen molar-refractivity contribution in [1.82, 2.24) is 0 Å². The van der Waals surface area contributed by atoms with Crippen LogP contribution in [0, 0.1) is 5.92 Å². The Balaban J connectivity index is 2.05. The fourth-order valence-corrected chi connectivity index (χ4v) is 3.67. The summed E-state index contributed by atoms with van der Waals surface area (Å²) in [5.74, 6) is 0.781. The zero-order valence-corrected chi connectivity index (χ0v) is 8.20. The Hall–Kier alpha value is 0.278. The molecule has 1 N–H and O–H groups in total. The Morgan fingerprint density at radius 1 is 1.45 bits per heavy atom. The molecular weight excluding hydrogens is 207 g/mol. The molecule has 0 spiro atoms. The quantitative estimate of drug-likeness (QED) is 0.697. The van der Waals surface area contributed by atoms with Gasteiger partial charge in [-0.2, -0.15) is 0 Å². The van der Waals surface area contributed by atoms with Gasteiger partial charge < -0.3 is 0 Å². The van der Waals surface area contributed by atoms with Gasteiger partial charge in [0, 0.05) is 0 Å². The molecule has 1 unspecified atom stereocenters. The van der Waals surface area contributed by atoms with Gasteiger partial charge in [-0.25, -0.2) is 0 Å². The van der Waals surface area contributed by atoms with Gasteiger partial charge >= 0.3 is 70.5 Å². The molecule has 0 aliphatic heterocycles. The van der Waals surface area contributed by atoms with E-state index in [1.165, 1.54) is 12.8 Å². The molecule has 2 saturated carbocycles. The number of rotatable bonds is 2. The van der Waals surface area contributed by atoms with Crippen molar-refractivity contribution >= 4 is 15.3 Å². The van der Waals surface area contributed by atoms with Gasteiger partial charge in [-0.3, -0.25) is 0 Å². The molecule has 0 saturated heterocycles. The van der Waals surface area contributed by atoms with Crippen molar-refractivity contribution in [2.45, 2.75) is 37.7 Å². The molecular formula is C7H12AsO3. The summed E-state index contributed by atoms with van der Waals surface area (Å²) in [6, 6.07) is 0. The van der Waals surface area contributed by atoms with Crippen LogP contribution in [0.5, 0.6) is 0 Å². The Bertz CT molecular complexity index is 184. The van der Waals surface area contributed by atoms with E-state index >= 15 is 0 Å². The summed E-state index contributed by atoms with van der Waals surface area (Å²) in [7, 11) is 0. The summed E-state index contributed by atoms with van der Waals surface area (Å²) in [5.41, 5.74) is -0.166. The average Bonchev–Trinajstić information content (AvgIpc) is 2.43. The molecule has 0 heterocycles. The van der Waals surface area contributed by atoms with E-state index in [1.807, 2.05) is 0 Å². The van der Waals surface area contributed by atoms with Crippen LogP contribution < -0.4 is 0 Å². The van der Waals surface area contributed by atoms with Crippen molar-refractivity contribution < 1.29 is 11.6 Å². The molecule has 11 heavy (non-hydrogen) atoms. The number of fused-ring (bicyclic) bond motifs is 2. The van der Waals surface area contributed by atoms with E-state index in [1.54, 1.807) is 0 Å². The molecule has 0 aromatic rings. The van der Waals surface area contributed by atoms with Gasteiger partial charge in [0.25, 0.3) is 0 Å².